The van der Waals surface area contributed by atoms with Crippen molar-refractivity contribution in [2.75, 3.05) is 18.0 Å². The Morgan fingerprint density at radius 1 is 1.21 bits per heavy atom. The molecular weight excluding hydrogens is 528 g/mol. The van der Waals surface area contributed by atoms with Crippen LogP contribution in [-0.4, -0.2) is 52.2 Å². The summed E-state index contributed by atoms with van der Waals surface area (Å²) in [5.41, 5.74) is 5.65. The summed E-state index contributed by atoms with van der Waals surface area (Å²) in [5.74, 6) is 0.996. The second-order valence-corrected chi connectivity index (χ2v) is 16.6. The van der Waals surface area contributed by atoms with E-state index in [1.165, 1.54) is 5.56 Å². The number of hydrogen-bond donors (Lipinski definition) is 1. The molecule has 0 unspecified atom stereocenters. The van der Waals surface area contributed by atoms with Gasteiger partial charge >= 0.3 is 0 Å². The van der Waals surface area contributed by atoms with E-state index in [0.29, 0.717) is 23.9 Å². The van der Waals surface area contributed by atoms with Gasteiger partial charge in [0.25, 0.3) is 0 Å². The fraction of sp³-hybridized carbons (Fsp3) is 0.533. The number of sulfonamides is 1. The Morgan fingerprint density at radius 3 is 2.67 bits per heavy atom. The van der Waals surface area contributed by atoms with Crippen LogP contribution in [0.3, 0.4) is 0 Å². The molecule has 7 rings (SSSR count). The first kappa shape index (κ1) is 25.5. The summed E-state index contributed by atoms with van der Waals surface area (Å²) >= 11 is 1.55. The Morgan fingerprint density at radius 2 is 2.00 bits per heavy atom. The normalized spacial score (nSPS) is 25.8. The Kier molecular flexibility index (Phi) is 5.55. The Bertz CT molecular complexity index is 1640. The van der Waals surface area contributed by atoms with Crippen molar-refractivity contribution in [2.45, 2.75) is 81.7 Å². The van der Waals surface area contributed by atoms with Crippen molar-refractivity contribution < 1.29 is 13.5 Å². The van der Waals surface area contributed by atoms with Crippen LogP contribution in [0.5, 0.6) is 0 Å². The molecule has 0 amide bonds. The number of rotatable bonds is 4. The number of pyridine rings is 1. The van der Waals surface area contributed by atoms with Crippen molar-refractivity contribution in [1.29, 1.82) is 5.26 Å². The third-order valence-corrected chi connectivity index (χ3v) is 13.3. The van der Waals surface area contributed by atoms with Crippen LogP contribution in [-0.2, 0) is 16.6 Å². The van der Waals surface area contributed by atoms with Crippen LogP contribution < -0.4 is 4.90 Å². The highest BCUT2D eigenvalue weighted by Crippen LogP contribution is 2.59. The van der Waals surface area contributed by atoms with Gasteiger partial charge in [-0.2, -0.15) is 9.57 Å². The van der Waals surface area contributed by atoms with E-state index in [-0.39, 0.29) is 18.2 Å². The number of benzene rings is 1. The highest BCUT2D eigenvalue weighted by molar-refractivity contribution is 7.90. The van der Waals surface area contributed by atoms with Gasteiger partial charge in [-0.25, -0.2) is 8.42 Å². The average Bonchev–Trinajstić information content (AvgIpc) is 3.35. The molecule has 1 spiro atoms. The number of aliphatic hydroxyl groups excluding tert-OH is 1. The summed E-state index contributed by atoms with van der Waals surface area (Å²) in [4.78, 5) is 7.92. The van der Waals surface area contributed by atoms with Crippen molar-refractivity contribution in [3.05, 3.63) is 46.5 Å². The van der Waals surface area contributed by atoms with Gasteiger partial charge in [-0.15, -0.1) is 11.3 Å². The van der Waals surface area contributed by atoms with Gasteiger partial charge in [-0.1, -0.05) is 0 Å². The molecule has 1 aromatic carbocycles. The van der Waals surface area contributed by atoms with Crippen molar-refractivity contribution >= 4 is 37.3 Å². The van der Waals surface area contributed by atoms with Crippen LogP contribution in [0, 0.1) is 17.2 Å². The maximum Gasteiger partial charge on any atom is 0.219 e. The molecule has 0 bridgehead atoms. The standard InChI is InChI=1S/C30H34N4O3S2/c1-29(2,3)39(36,37)34-16-20(13-30(34)6-4-7-30)33-15-19-11-23(19)25-10-18(14-31)9-24(27(25)33)22-5-8-32-26-12-21(17-35)38-28(22)26/h5,8-10,12,19-20,23,35H,4,6-7,11,13,15-17H2,1-3H3/t19-,20+,23-/m1/s1. The number of nitriles is 1. The molecule has 4 heterocycles. The van der Waals surface area contributed by atoms with Crippen LogP contribution in [0.2, 0.25) is 0 Å². The van der Waals surface area contributed by atoms with Gasteiger partial charge in [-0.3, -0.25) is 4.98 Å². The van der Waals surface area contributed by atoms with Gasteiger partial charge in [-0.05, 0) is 94.5 Å². The van der Waals surface area contributed by atoms with E-state index >= 15 is 0 Å². The lowest BCUT2D eigenvalue weighted by atomic mass is 9.75. The fourth-order valence-electron chi connectivity index (χ4n) is 7.23. The maximum atomic E-state index is 13.8. The van der Waals surface area contributed by atoms with Gasteiger partial charge in [0, 0.05) is 52.6 Å². The summed E-state index contributed by atoms with van der Waals surface area (Å²) in [7, 11) is -3.47. The topological polar surface area (TPSA) is 97.5 Å². The molecule has 2 saturated carbocycles. The third-order valence-electron chi connectivity index (χ3n) is 9.53. The molecule has 7 nitrogen and oxygen atoms in total. The molecule has 2 aliphatic heterocycles. The van der Waals surface area contributed by atoms with E-state index in [0.717, 1.165) is 70.6 Å². The summed E-state index contributed by atoms with van der Waals surface area (Å²) in [6.07, 6.45) is 6.69. The molecule has 3 atom stereocenters. The summed E-state index contributed by atoms with van der Waals surface area (Å²) < 4.78 is 29.6. The molecule has 3 fully saturated rings. The van der Waals surface area contributed by atoms with Crippen LogP contribution in [0.15, 0.2) is 30.5 Å². The number of anilines is 1. The Labute approximate surface area is 234 Å². The minimum atomic E-state index is -3.47. The first-order valence-electron chi connectivity index (χ1n) is 13.9. The van der Waals surface area contributed by atoms with Gasteiger partial charge in [0.05, 0.1) is 33.2 Å². The molecule has 1 saturated heterocycles. The number of thiophene rings is 1. The second kappa shape index (κ2) is 8.50. The highest BCUT2D eigenvalue weighted by Gasteiger charge is 2.59. The minimum absolute atomic E-state index is 0.0328. The molecular formula is C30H34N4O3S2. The molecule has 39 heavy (non-hydrogen) atoms. The smallest absolute Gasteiger partial charge is 0.219 e. The average molecular weight is 563 g/mol. The predicted molar refractivity (Wildman–Crippen MR) is 154 cm³/mol. The van der Waals surface area contributed by atoms with Crippen molar-refractivity contribution in [1.82, 2.24) is 9.29 Å². The van der Waals surface area contributed by atoms with Gasteiger partial charge < -0.3 is 10.0 Å². The lowest BCUT2D eigenvalue weighted by Gasteiger charge is -2.46. The van der Waals surface area contributed by atoms with E-state index in [4.69, 9.17) is 0 Å². The predicted octanol–water partition coefficient (Wildman–Crippen LogP) is 5.38. The first-order valence-corrected chi connectivity index (χ1v) is 16.2. The number of aliphatic hydroxyl groups is 1. The van der Waals surface area contributed by atoms with E-state index in [1.807, 2.05) is 43.3 Å². The quantitative estimate of drug-likeness (QED) is 0.459. The summed E-state index contributed by atoms with van der Waals surface area (Å²) in [5, 5.41) is 19.8. The Balaban J connectivity index is 1.39. The van der Waals surface area contributed by atoms with Crippen LogP contribution >= 0.6 is 11.3 Å². The minimum Gasteiger partial charge on any atom is -0.391 e. The van der Waals surface area contributed by atoms with E-state index in [2.05, 4.69) is 22.0 Å². The second-order valence-electron chi connectivity index (χ2n) is 12.9. The zero-order valence-electron chi connectivity index (χ0n) is 22.6. The first-order chi connectivity index (χ1) is 18.6. The molecule has 204 valence electrons. The highest BCUT2D eigenvalue weighted by atomic mass is 32.2. The van der Waals surface area contributed by atoms with E-state index < -0.39 is 14.8 Å². The van der Waals surface area contributed by atoms with Crippen molar-refractivity contribution in [2.24, 2.45) is 5.92 Å². The van der Waals surface area contributed by atoms with Crippen molar-refractivity contribution in [3.63, 3.8) is 0 Å². The van der Waals surface area contributed by atoms with Crippen molar-refractivity contribution in [3.8, 4) is 17.2 Å². The number of hydrogen-bond acceptors (Lipinski definition) is 7. The molecule has 4 aliphatic rings. The van der Waals surface area contributed by atoms with Crippen LogP contribution in [0.25, 0.3) is 21.3 Å². The zero-order valence-corrected chi connectivity index (χ0v) is 24.3. The van der Waals surface area contributed by atoms with E-state index in [1.54, 1.807) is 17.5 Å². The van der Waals surface area contributed by atoms with Gasteiger partial charge in [0.1, 0.15) is 0 Å². The van der Waals surface area contributed by atoms with Gasteiger partial charge in [0.15, 0.2) is 0 Å². The third kappa shape index (κ3) is 3.72. The maximum absolute atomic E-state index is 13.8. The lowest BCUT2D eigenvalue weighted by Crippen LogP contribution is -2.56. The monoisotopic (exact) mass is 562 g/mol. The molecule has 2 aliphatic carbocycles. The Hall–Kier alpha value is -2.51. The molecule has 9 heteroatoms. The number of aromatic nitrogens is 1. The molecule has 3 aromatic rings. The SMILES string of the molecule is CC(C)(C)S(=O)(=O)N1C[C@@H](N2C[C@H]3C[C@H]3c3cc(C#N)cc(-c4ccnc5cc(CO)sc45)c32)CC12CCC2. The van der Waals surface area contributed by atoms with Crippen LogP contribution in [0.4, 0.5) is 5.69 Å². The molecule has 0 radical (unpaired) electrons. The zero-order chi connectivity index (χ0) is 27.3. The van der Waals surface area contributed by atoms with Crippen LogP contribution in [0.1, 0.15) is 74.8 Å². The molecule has 1 N–H and O–H groups in total. The molecule has 2 aromatic heterocycles. The fourth-order valence-corrected chi connectivity index (χ4v) is 10.0. The number of nitrogens with zero attached hydrogens (tertiary/aromatic N) is 4. The number of fused-ring (bicyclic) bond motifs is 4. The van der Waals surface area contributed by atoms with Gasteiger partial charge in [0.2, 0.25) is 10.0 Å². The largest absolute Gasteiger partial charge is 0.391 e. The summed E-state index contributed by atoms with van der Waals surface area (Å²) in [6, 6.07) is 10.5. The lowest BCUT2D eigenvalue weighted by molar-refractivity contribution is 0.125. The summed E-state index contributed by atoms with van der Waals surface area (Å²) in [6.45, 7) is 6.83. The van der Waals surface area contributed by atoms with E-state index in [9.17, 15) is 18.8 Å².